The first-order chi connectivity index (χ1) is 8.58. The van der Waals surface area contributed by atoms with Gasteiger partial charge in [-0.1, -0.05) is 0 Å². The van der Waals surface area contributed by atoms with Gasteiger partial charge in [-0.15, -0.1) is 0 Å². The van der Waals surface area contributed by atoms with Crippen molar-refractivity contribution in [3.8, 4) is 5.75 Å². The summed E-state index contributed by atoms with van der Waals surface area (Å²) >= 11 is 0. The summed E-state index contributed by atoms with van der Waals surface area (Å²) in [5, 5.41) is 15.5. The summed E-state index contributed by atoms with van der Waals surface area (Å²) in [7, 11) is 1.57. The lowest BCUT2D eigenvalue weighted by Crippen LogP contribution is -2.26. The number of carbonyl (C=O) groups excluding carboxylic acids is 1. The number of aromatic hydroxyl groups is 1. The zero-order valence-corrected chi connectivity index (χ0v) is 9.72. The van der Waals surface area contributed by atoms with Gasteiger partial charge < -0.3 is 10.0 Å². The number of benzene rings is 1. The Hall–Kier alpha value is -2.37. The zero-order valence-electron chi connectivity index (χ0n) is 9.72. The summed E-state index contributed by atoms with van der Waals surface area (Å²) in [5.41, 5.74) is 0.754. The third-order valence-electron chi connectivity index (χ3n) is 2.50. The smallest absolute Gasteiger partial charge is 0.256 e. The van der Waals surface area contributed by atoms with Crippen LogP contribution in [0.2, 0.25) is 0 Å². The summed E-state index contributed by atoms with van der Waals surface area (Å²) in [6, 6.07) is 3.46. The predicted octanol–water partition coefficient (Wildman–Crippen LogP) is 1.53. The molecule has 0 radical (unpaired) electrons. The van der Waals surface area contributed by atoms with Crippen molar-refractivity contribution in [1.82, 2.24) is 15.1 Å². The highest BCUT2D eigenvalue weighted by molar-refractivity contribution is 5.94. The van der Waals surface area contributed by atoms with Gasteiger partial charge in [-0.25, -0.2) is 4.39 Å². The van der Waals surface area contributed by atoms with Gasteiger partial charge in [-0.2, -0.15) is 5.10 Å². The van der Waals surface area contributed by atoms with E-state index in [0.29, 0.717) is 6.54 Å². The molecule has 0 atom stereocenters. The number of nitrogens with one attached hydrogen (secondary N) is 1. The molecule has 0 bridgehead atoms. The molecule has 0 saturated heterocycles. The lowest BCUT2D eigenvalue weighted by molar-refractivity contribution is 0.0780. The minimum Gasteiger partial charge on any atom is -0.508 e. The van der Waals surface area contributed by atoms with Crippen LogP contribution in [-0.2, 0) is 6.54 Å². The molecule has 0 aliphatic heterocycles. The van der Waals surface area contributed by atoms with Crippen molar-refractivity contribution >= 4 is 5.91 Å². The molecule has 2 N–H and O–H groups in total. The Balaban J connectivity index is 2.15. The summed E-state index contributed by atoms with van der Waals surface area (Å²) in [5.74, 6) is -1.39. The van der Waals surface area contributed by atoms with Crippen LogP contribution in [-0.4, -0.2) is 33.2 Å². The topological polar surface area (TPSA) is 69.2 Å². The van der Waals surface area contributed by atoms with Crippen LogP contribution < -0.4 is 0 Å². The fraction of sp³-hybridized carbons (Fsp3) is 0.167. The second kappa shape index (κ2) is 4.87. The molecule has 2 rings (SSSR count). The zero-order chi connectivity index (χ0) is 13.1. The van der Waals surface area contributed by atoms with Crippen LogP contribution >= 0.6 is 0 Å². The Morgan fingerprint density at radius 1 is 1.56 bits per heavy atom. The highest BCUT2D eigenvalue weighted by atomic mass is 19.1. The van der Waals surface area contributed by atoms with Crippen LogP contribution in [0.25, 0.3) is 0 Å². The number of aromatic nitrogens is 2. The fourth-order valence-corrected chi connectivity index (χ4v) is 1.59. The molecule has 1 aromatic heterocycles. The van der Waals surface area contributed by atoms with Crippen molar-refractivity contribution < 1.29 is 14.3 Å². The Bertz CT molecular complexity index is 554. The lowest BCUT2D eigenvalue weighted by Gasteiger charge is -2.16. The highest BCUT2D eigenvalue weighted by Crippen LogP contribution is 2.17. The molecule has 0 fully saturated rings. The summed E-state index contributed by atoms with van der Waals surface area (Å²) < 4.78 is 13.5. The number of phenols is 1. The maximum Gasteiger partial charge on any atom is 0.256 e. The number of nitrogens with zero attached hydrogens (tertiary/aromatic N) is 2. The predicted molar refractivity (Wildman–Crippen MR) is 62.5 cm³/mol. The van der Waals surface area contributed by atoms with Crippen molar-refractivity contribution in [3.63, 3.8) is 0 Å². The first-order valence-corrected chi connectivity index (χ1v) is 5.29. The van der Waals surface area contributed by atoms with Gasteiger partial charge in [-0.05, 0) is 12.1 Å². The minimum absolute atomic E-state index is 0.0706. The van der Waals surface area contributed by atoms with Gasteiger partial charge in [0, 0.05) is 31.4 Å². The molecule has 6 heteroatoms. The number of aromatic amines is 1. The van der Waals surface area contributed by atoms with E-state index in [0.717, 1.165) is 11.6 Å². The third-order valence-corrected chi connectivity index (χ3v) is 2.50. The number of rotatable bonds is 3. The first kappa shape index (κ1) is 12.1. The maximum absolute atomic E-state index is 13.5. The van der Waals surface area contributed by atoms with Gasteiger partial charge >= 0.3 is 0 Å². The van der Waals surface area contributed by atoms with Gasteiger partial charge in [0.15, 0.2) is 0 Å². The van der Waals surface area contributed by atoms with Crippen molar-refractivity contribution in [2.24, 2.45) is 0 Å². The molecular formula is C12H12FN3O2. The number of hydrogen-bond donors (Lipinski definition) is 2. The number of phenolic OH excluding ortho intramolecular Hbond substituents is 1. The molecule has 0 spiro atoms. The molecule has 0 unspecified atom stereocenters. The summed E-state index contributed by atoms with van der Waals surface area (Å²) in [6.45, 7) is 0.329. The molecule has 5 nitrogen and oxygen atoms in total. The van der Waals surface area contributed by atoms with E-state index >= 15 is 0 Å². The van der Waals surface area contributed by atoms with E-state index < -0.39 is 11.7 Å². The van der Waals surface area contributed by atoms with Crippen LogP contribution in [0.3, 0.4) is 0 Å². The summed E-state index contributed by atoms with van der Waals surface area (Å²) in [4.78, 5) is 13.4. The SMILES string of the molecule is CN(Cc1cn[nH]c1)C(=O)c1ccc(O)cc1F. The molecule has 0 aliphatic rings. The molecule has 1 amide bonds. The minimum atomic E-state index is -0.737. The van der Waals surface area contributed by atoms with E-state index in [1.807, 2.05) is 0 Å². The largest absolute Gasteiger partial charge is 0.508 e. The Morgan fingerprint density at radius 2 is 2.33 bits per heavy atom. The number of hydrogen-bond acceptors (Lipinski definition) is 3. The molecule has 1 heterocycles. The van der Waals surface area contributed by atoms with E-state index in [1.165, 1.54) is 17.0 Å². The van der Waals surface area contributed by atoms with Crippen LogP contribution in [0.15, 0.2) is 30.6 Å². The molecule has 2 aromatic rings. The second-order valence-corrected chi connectivity index (χ2v) is 3.93. The van der Waals surface area contributed by atoms with Crippen LogP contribution in [0.1, 0.15) is 15.9 Å². The number of amides is 1. The molecule has 0 saturated carbocycles. The Labute approximate surface area is 103 Å². The van der Waals surface area contributed by atoms with E-state index in [2.05, 4.69) is 10.2 Å². The molecule has 18 heavy (non-hydrogen) atoms. The van der Waals surface area contributed by atoms with Crippen molar-refractivity contribution in [1.29, 1.82) is 0 Å². The molecule has 0 aliphatic carbocycles. The van der Waals surface area contributed by atoms with E-state index in [9.17, 15) is 9.18 Å². The Morgan fingerprint density at radius 3 is 2.94 bits per heavy atom. The first-order valence-electron chi connectivity index (χ1n) is 5.29. The van der Waals surface area contributed by atoms with Crippen LogP contribution in [0.5, 0.6) is 5.75 Å². The van der Waals surface area contributed by atoms with Crippen molar-refractivity contribution in [3.05, 3.63) is 47.5 Å². The summed E-state index contributed by atoms with van der Waals surface area (Å²) in [6.07, 6.45) is 3.26. The third kappa shape index (κ3) is 2.48. The average Bonchev–Trinajstić information content (AvgIpc) is 2.81. The number of H-pyrrole nitrogens is 1. The van der Waals surface area contributed by atoms with Crippen LogP contribution in [0, 0.1) is 5.82 Å². The van der Waals surface area contributed by atoms with Gasteiger partial charge in [0.25, 0.3) is 5.91 Å². The van der Waals surface area contributed by atoms with E-state index in [4.69, 9.17) is 5.11 Å². The normalized spacial score (nSPS) is 10.3. The molecule has 94 valence electrons. The monoisotopic (exact) mass is 249 g/mol. The number of halogens is 1. The average molecular weight is 249 g/mol. The highest BCUT2D eigenvalue weighted by Gasteiger charge is 2.16. The maximum atomic E-state index is 13.5. The van der Waals surface area contributed by atoms with Gasteiger partial charge in [0.05, 0.1) is 11.8 Å². The Kier molecular flexibility index (Phi) is 3.27. The molecule has 1 aromatic carbocycles. The van der Waals surface area contributed by atoms with Crippen molar-refractivity contribution in [2.45, 2.75) is 6.54 Å². The van der Waals surface area contributed by atoms with Gasteiger partial charge in [0.1, 0.15) is 11.6 Å². The van der Waals surface area contributed by atoms with E-state index in [1.54, 1.807) is 19.4 Å². The second-order valence-electron chi connectivity index (χ2n) is 3.93. The fourth-order valence-electron chi connectivity index (χ4n) is 1.59. The number of carbonyl (C=O) groups is 1. The van der Waals surface area contributed by atoms with Crippen molar-refractivity contribution in [2.75, 3.05) is 7.05 Å². The lowest BCUT2D eigenvalue weighted by atomic mass is 10.1. The van der Waals surface area contributed by atoms with Crippen LogP contribution in [0.4, 0.5) is 4.39 Å². The molecular weight excluding hydrogens is 237 g/mol. The standard InChI is InChI=1S/C12H12FN3O2/c1-16(7-8-5-14-15-6-8)12(18)10-3-2-9(17)4-11(10)13/h2-6,17H,7H2,1H3,(H,14,15). The van der Waals surface area contributed by atoms with E-state index in [-0.39, 0.29) is 11.3 Å². The van der Waals surface area contributed by atoms with Gasteiger partial charge in [-0.3, -0.25) is 9.89 Å². The van der Waals surface area contributed by atoms with Gasteiger partial charge in [0.2, 0.25) is 0 Å². The quantitative estimate of drug-likeness (QED) is 0.866.